The topological polar surface area (TPSA) is 104 Å². The van der Waals surface area contributed by atoms with Crippen molar-refractivity contribution >= 4 is 11.6 Å². The predicted molar refractivity (Wildman–Crippen MR) is 120 cm³/mol. The number of tetrazole rings is 1. The number of methoxy groups -OCH3 is 1. The number of nitrogens with one attached hydrogen (secondary N) is 1. The molecule has 2 aliphatic rings. The molecule has 33 heavy (non-hydrogen) atoms. The summed E-state index contributed by atoms with van der Waals surface area (Å²) in [5.74, 6) is 1.18. The summed E-state index contributed by atoms with van der Waals surface area (Å²) in [5, 5.41) is 15.4. The molecular formula is C23H26N6O4. The van der Waals surface area contributed by atoms with Crippen LogP contribution in [0.2, 0.25) is 0 Å². The molecule has 4 atom stereocenters. The summed E-state index contributed by atoms with van der Waals surface area (Å²) in [4.78, 5) is 14.8. The molecule has 2 fully saturated rings. The lowest BCUT2D eigenvalue weighted by molar-refractivity contribution is 0.0615. The van der Waals surface area contributed by atoms with Gasteiger partial charge in [-0.3, -0.25) is 4.79 Å². The van der Waals surface area contributed by atoms with Crippen LogP contribution in [0.1, 0.15) is 16.4 Å². The Bertz CT molecular complexity index is 1130. The zero-order valence-electron chi connectivity index (χ0n) is 18.7. The number of hydrogen-bond acceptors (Lipinski definition) is 8. The van der Waals surface area contributed by atoms with Crippen LogP contribution in [0.3, 0.4) is 0 Å². The Labute approximate surface area is 191 Å². The fourth-order valence-electron chi connectivity index (χ4n) is 4.34. The molecular weight excluding hydrogens is 424 g/mol. The Morgan fingerprint density at radius 1 is 1.12 bits per heavy atom. The monoisotopic (exact) mass is 450 g/mol. The van der Waals surface area contributed by atoms with Crippen molar-refractivity contribution in [3.8, 4) is 17.1 Å². The smallest absolute Gasteiger partial charge is 0.251 e. The molecule has 3 aromatic rings. The quantitative estimate of drug-likeness (QED) is 0.603. The average molecular weight is 450 g/mol. The summed E-state index contributed by atoms with van der Waals surface area (Å²) in [6.07, 6.45) is -0.540. The molecule has 0 aliphatic carbocycles. The van der Waals surface area contributed by atoms with Crippen LogP contribution in [0.5, 0.6) is 5.75 Å². The fraction of sp³-hybridized carbons (Fsp3) is 0.391. The minimum absolute atomic E-state index is 0.152. The molecule has 10 heteroatoms. The maximum absolute atomic E-state index is 12.8. The fourth-order valence-corrected chi connectivity index (χ4v) is 4.34. The molecule has 1 amide bonds. The van der Waals surface area contributed by atoms with Gasteiger partial charge < -0.3 is 24.4 Å². The molecule has 2 aromatic carbocycles. The van der Waals surface area contributed by atoms with E-state index < -0.39 is 0 Å². The summed E-state index contributed by atoms with van der Waals surface area (Å²) in [6, 6.07) is 14.6. The van der Waals surface area contributed by atoms with Crippen LogP contribution in [-0.4, -0.2) is 78.8 Å². The molecule has 2 saturated heterocycles. The number of anilines is 1. The number of hydrogen-bond donors (Lipinski definition) is 1. The molecule has 0 bridgehead atoms. The zero-order chi connectivity index (χ0) is 22.9. The number of ether oxygens (including phenoxy) is 3. The van der Waals surface area contributed by atoms with Crippen LogP contribution >= 0.6 is 0 Å². The predicted octanol–water partition coefficient (Wildman–Crippen LogP) is 1.55. The number of carbonyl (C=O) groups excluding carboxylic acids is 1. The summed E-state index contributed by atoms with van der Waals surface area (Å²) in [5.41, 5.74) is 2.47. The normalized spacial score (nSPS) is 23.8. The van der Waals surface area contributed by atoms with E-state index in [0.717, 1.165) is 17.0 Å². The Hall–Kier alpha value is -3.50. The highest BCUT2D eigenvalue weighted by molar-refractivity contribution is 5.94. The highest BCUT2D eigenvalue weighted by atomic mass is 16.6. The van der Waals surface area contributed by atoms with E-state index in [2.05, 4.69) is 20.8 Å². The summed E-state index contributed by atoms with van der Waals surface area (Å²) < 4.78 is 19.2. The summed E-state index contributed by atoms with van der Waals surface area (Å²) in [7, 11) is 5.54. The Balaban J connectivity index is 1.29. The first-order valence-corrected chi connectivity index (χ1v) is 10.8. The van der Waals surface area contributed by atoms with Crippen molar-refractivity contribution in [2.24, 2.45) is 0 Å². The zero-order valence-corrected chi connectivity index (χ0v) is 18.7. The number of benzene rings is 2. The van der Waals surface area contributed by atoms with E-state index in [1.807, 2.05) is 67.5 Å². The highest BCUT2D eigenvalue weighted by Crippen LogP contribution is 2.36. The van der Waals surface area contributed by atoms with E-state index >= 15 is 0 Å². The van der Waals surface area contributed by atoms with Gasteiger partial charge in [-0.15, -0.1) is 5.10 Å². The van der Waals surface area contributed by atoms with Gasteiger partial charge in [0.25, 0.3) is 5.91 Å². The van der Waals surface area contributed by atoms with Crippen molar-refractivity contribution in [3.63, 3.8) is 0 Å². The van der Waals surface area contributed by atoms with Gasteiger partial charge in [0.2, 0.25) is 0 Å². The lowest BCUT2D eigenvalue weighted by atomic mass is 10.1. The lowest BCUT2D eigenvalue weighted by Gasteiger charge is -2.18. The van der Waals surface area contributed by atoms with Crippen LogP contribution in [0.25, 0.3) is 11.4 Å². The van der Waals surface area contributed by atoms with Crippen LogP contribution in [-0.2, 0) is 9.47 Å². The number of rotatable bonds is 6. The molecule has 3 heterocycles. The molecule has 0 unspecified atom stereocenters. The number of aromatic nitrogens is 4. The molecule has 10 nitrogen and oxygen atoms in total. The van der Waals surface area contributed by atoms with Gasteiger partial charge >= 0.3 is 0 Å². The van der Waals surface area contributed by atoms with Crippen molar-refractivity contribution < 1.29 is 19.0 Å². The van der Waals surface area contributed by atoms with E-state index in [9.17, 15) is 4.79 Å². The third kappa shape index (κ3) is 4.03. The van der Waals surface area contributed by atoms with Gasteiger partial charge in [-0.2, -0.15) is 0 Å². The van der Waals surface area contributed by atoms with Crippen molar-refractivity contribution in [1.82, 2.24) is 25.5 Å². The third-order valence-electron chi connectivity index (χ3n) is 6.12. The molecule has 0 radical (unpaired) electrons. The van der Waals surface area contributed by atoms with E-state index in [-0.39, 0.29) is 30.2 Å². The van der Waals surface area contributed by atoms with Crippen LogP contribution < -0.4 is 15.0 Å². The van der Waals surface area contributed by atoms with Crippen molar-refractivity contribution in [3.05, 3.63) is 54.1 Å². The number of nitrogens with zero attached hydrogens (tertiary/aromatic N) is 5. The second-order valence-corrected chi connectivity index (χ2v) is 8.36. The largest absolute Gasteiger partial charge is 0.497 e. The van der Waals surface area contributed by atoms with Crippen LogP contribution in [0.15, 0.2) is 48.5 Å². The van der Waals surface area contributed by atoms with Gasteiger partial charge in [0, 0.05) is 30.9 Å². The number of carbonyl (C=O) groups is 1. The molecule has 5 rings (SSSR count). The van der Waals surface area contributed by atoms with Crippen molar-refractivity contribution in [2.45, 2.75) is 24.3 Å². The van der Waals surface area contributed by atoms with Gasteiger partial charge in [-0.05, 0) is 46.8 Å². The maximum atomic E-state index is 12.8. The van der Waals surface area contributed by atoms with Gasteiger partial charge in [-0.1, -0.05) is 12.1 Å². The molecule has 172 valence electrons. The Morgan fingerprint density at radius 3 is 2.67 bits per heavy atom. The first kappa shape index (κ1) is 21.4. The average Bonchev–Trinajstić information content (AvgIpc) is 3.56. The molecule has 1 aromatic heterocycles. The third-order valence-corrected chi connectivity index (χ3v) is 6.12. The molecule has 2 aliphatic heterocycles. The SMILES string of the molecule is COc1cccc(-c2nnnn2[C@H]2CO[C@H]3[C@@H]2OC[C@@H]3NC(=O)c2ccc(N(C)C)cc2)c1. The minimum atomic E-state index is -0.276. The number of fused-ring (bicyclic) bond motifs is 1. The number of amides is 1. The summed E-state index contributed by atoms with van der Waals surface area (Å²) >= 11 is 0. The van der Waals surface area contributed by atoms with Gasteiger partial charge in [0.1, 0.15) is 24.0 Å². The lowest BCUT2D eigenvalue weighted by Crippen LogP contribution is -2.44. The van der Waals surface area contributed by atoms with Gasteiger partial charge in [0.05, 0.1) is 26.4 Å². The van der Waals surface area contributed by atoms with E-state index in [0.29, 0.717) is 24.6 Å². The van der Waals surface area contributed by atoms with Crippen molar-refractivity contribution in [1.29, 1.82) is 0 Å². The van der Waals surface area contributed by atoms with E-state index in [1.165, 1.54) is 0 Å². The molecule has 0 saturated carbocycles. The summed E-state index contributed by atoms with van der Waals surface area (Å²) in [6.45, 7) is 0.755. The highest BCUT2D eigenvalue weighted by Gasteiger charge is 2.50. The van der Waals surface area contributed by atoms with Crippen LogP contribution in [0, 0.1) is 0 Å². The van der Waals surface area contributed by atoms with E-state index in [1.54, 1.807) is 11.8 Å². The first-order chi connectivity index (χ1) is 16.0. The first-order valence-electron chi connectivity index (χ1n) is 10.8. The van der Waals surface area contributed by atoms with Gasteiger partial charge in [0.15, 0.2) is 5.82 Å². The Kier molecular flexibility index (Phi) is 5.69. The van der Waals surface area contributed by atoms with Crippen molar-refractivity contribution in [2.75, 3.05) is 39.3 Å². The standard InChI is InChI=1S/C23H26N6O4/c1-28(2)16-9-7-14(8-10-16)23(30)24-18-12-32-21-19(13-33-20(18)21)29-22(25-26-27-29)15-5-4-6-17(11-15)31-3/h4-11,18-21H,12-13H2,1-3H3,(H,24,30)/t18-,19-,20+,21+/m0/s1. The molecule has 0 spiro atoms. The van der Waals surface area contributed by atoms with Crippen LogP contribution in [0.4, 0.5) is 5.69 Å². The maximum Gasteiger partial charge on any atom is 0.251 e. The minimum Gasteiger partial charge on any atom is -0.497 e. The molecule has 1 N–H and O–H groups in total. The van der Waals surface area contributed by atoms with E-state index in [4.69, 9.17) is 14.2 Å². The Morgan fingerprint density at radius 2 is 1.91 bits per heavy atom. The second kappa shape index (κ2) is 8.80. The second-order valence-electron chi connectivity index (χ2n) is 8.36. The van der Waals surface area contributed by atoms with Gasteiger partial charge in [-0.25, -0.2) is 4.68 Å².